The number of hydrogen-bond acceptors (Lipinski definition) is 1. The van der Waals surface area contributed by atoms with Crippen molar-refractivity contribution >= 4 is 5.65 Å². The molecule has 16 heavy (non-hydrogen) atoms. The lowest BCUT2D eigenvalue weighted by Gasteiger charge is -1.95. The van der Waals surface area contributed by atoms with E-state index in [-0.39, 0.29) is 0 Å². The van der Waals surface area contributed by atoms with Gasteiger partial charge in [-0.1, -0.05) is 30.3 Å². The Hall–Kier alpha value is -2.03. The Kier molecular flexibility index (Phi) is 1.86. The molecule has 0 bridgehead atoms. The number of fused-ring (bicyclic) bond motifs is 1. The van der Waals surface area contributed by atoms with Crippen LogP contribution in [0.25, 0.3) is 16.8 Å². The molecule has 0 aliphatic heterocycles. The van der Waals surface area contributed by atoms with Gasteiger partial charge >= 0.3 is 0 Å². The lowest BCUT2D eigenvalue weighted by molar-refractivity contribution is 0.782. The summed E-state index contributed by atoms with van der Waals surface area (Å²) >= 11 is 0. The smallest absolute Gasteiger partial charge is 0.135 e. The molecule has 1 aromatic carbocycles. The zero-order chi connectivity index (χ0) is 11.1. The third-order valence-electron chi connectivity index (χ3n) is 2.88. The van der Waals surface area contributed by atoms with E-state index in [4.69, 9.17) is 0 Å². The van der Waals surface area contributed by atoms with E-state index in [1.165, 1.54) is 11.1 Å². The molecule has 0 radical (unpaired) electrons. The van der Waals surface area contributed by atoms with Crippen molar-refractivity contribution < 1.29 is 0 Å². The Morgan fingerprint density at radius 2 is 1.81 bits per heavy atom. The summed E-state index contributed by atoms with van der Waals surface area (Å²) in [5.74, 6) is 1.01. The number of rotatable bonds is 1. The molecule has 3 rings (SSSR count). The van der Waals surface area contributed by atoms with E-state index in [1.807, 2.05) is 24.7 Å². The highest BCUT2D eigenvalue weighted by Crippen LogP contribution is 2.22. The first-order valence-electron chi connectivity index (χ1n) is 5.33. The number of aryl methyl sites for hydroxylation is 2. The first-order chi connectivity index (χ1) is 7.75. The predicted molar refractivity (Wildman–Crippen MR) is 64.3 cm³/mol. The molecule has 0 aliphatic carbocycles. The first kappa shape index (κ1) is 9.21. The molecule has 0 atom stereocenters. The summed E-state index contributed by atoms with van der Waals surface area (Å²) in [6.07, 6.45) is 2.13. The van der Waals surface area contributed by atoms with Crippen molar-refractivity contribution in [3.05, 3.63) is 48.4 Å². The second-order valence-electron chi connectivity index (χ2n) is 3.99. The molecule has 0 amide bonds. The molecule has 2 aromatic heterocycles. The van der Waals surface area contributed by atoms with Crippen LogP contribution in [-0.2, 0) is 7.05 Å². The summed E-state index contributed by atoms with van der Waals surface area (Å²) in [6.45, 7) is 2.02. The van der Waals surface area contributed by atoms with Gasteiger partial charge in [-0.3, -0.25) is 9.08 Å². The molecule has 2 heterocycles. The minimum atomic E-state index is 1.01. The van der Waals surface area contributed by atoms with E-state index >= 15 is 0 Å². The summed E-state index contributed by atoms with van der Waals surface area (Å²) in [4.78, 5) is 0. The SMILES string of the molecule is Cc1nn(C)c2cc(-c3ccccc3)cn12. The van der Waals surface area contributed by atoms with Gasteiger partial charge in [-0.15, -0.1) is 0 Å². The fourth-order valence-corrected chi connectivity index (χ4v) is 2.06. The quantitative estimate of drug-likeness (QED) is 0.606. The third kappa shape index (κ3) is 1.25. The lowest BCUT2D eigenvalue weighted by Crippen LogP contribution is -1.88. The molecule has 0 aliphatic rings. The zero-order valence-corrected chi connectivity index (χ0v) is 9.38. The van der Waals surface area contributed by atoms with Crippen LogP contribution in [0.4, 0.5) is 0 Å². The van der Waals surface area contributed by atoms with Gasteiger partial charge in [-0.2, -0.15) is 5.10 Å². The van der Waals surface area contributed by atoms with Crippen LogP contribution in [0.15, 0.2) is 42.6 Å². The monoisotopic (exact) mass is 211 g/mol. The van der Waals surface area contributed by atoms with Crippen molar-refractivity contribution in [2.75, 3.05) is 0 Å². The topological polar surface area (TPSA) is 22.2 Å². The summed E-state index contributed by atoms with van der Waals surface area (Å²) in [7, 11) is 1.97. The van der Waals surface area contributed by atoms with Gasteiger partial charge < -0.3 is 0 Å². The highest BCUT2D eigenvalue weighted by Gasteiger charge is 2.07. The second kappa shape index (κ2) is 3.23. The minimum Gasteiger partial charge on any atom is -0.288 e. The molecule has 3 aromatic rings. The largest absolute Gasteiger partial charge is 0.288 e. The van der Waals surface area contributed by atoms with E-state index in [1.54, 1.807) is 0 Å². The predicted octanol–water partition coefficient (Wildman–Crippen LogP) is 2.65. The third-order valence-corrected chi connectivity index (χ3v) is 2.88. The molecular formula is C13H13N3. The maximum absolute atomic E-state index is 4.36. The summed E-state index contributed by atoms with van der Waals surface area (Å²) < 4.78 is 4.02. The maximum atomic E-state index is 4.36. The molecule has 3 heteroatoms. The van der Waals surface area contributed by atoms with Crippen LogP contribution in [-0.4, -0.2) is 14.2 Å². The van der Waals surface area contributed by atoms with Crippen molar-refractivity contribution in [3.63, 3.8) is 0 Å². The van der Waals surface area contributed by atoms with E-state index in [0.717, 1.165) is 11.5 Å². The normalized spacial score (nSPS) is 11.1. The van der Waals surface area contributed by atoms with Gasteiger partial charge in [0.15, 0.2) is 0 Å². The zero-order valence-electron chi connectivity index (χ0n) is 9.38. The van der Waals surface area contributed by atoms with Crippen molar-refractivity contribution in [3.8, 4) is 11.1 Å². The summed E-state index contributed by atoms with van der Waals surface area (Å²) in [5.41, 5.74) is 3.60. The van der Waals surface area contributed by atoms with Crippen molar-refractivity contribution in [1.82, 2.24) is 14.2 Å². The van der Waals surface area contributed by atoms with Crippen LogP contribution in [0.1, 0.15) is 5.82 Å². The van der Waals surface area contributed by atoms with E-state index in [0.29, 0.717) is 0 Å². The Labute approximate surface area is 93.9 Å². The fourth-order valence-electron chi connectivity index (χ4n) is 2.06. The van der Waals surface area contributed by atoms with E-state index in [9.17, 15) is 0 Å². The number of benzene rings is 1. The second-order valence-corrected chi connectivity index (χ2v) is 3.99. The number of hydrogen-bond donors (Lipinski definition) is 0. The Bertz CT molecular complexity index is 597. The Morgan fingerprint density at radius 3 is 2.50 bits per heavy atom. The number of nitrogens with zero attached hydrogens (tertiary/aromatic N) is 3. The molecule has 0 fully saturated rings. The first-order valence-corrected chi connectivity index (χ1v) is 5.33. The molecule has 3 nitrogen and oxygen atoms in total. The molecular weight excluding hydrogens is 198 g/mol. The molecule has 0 saturated carbocycles. The summed E-state index contributed by atoms with van der Waals surface area (Å²) in [6, 6.07) is 12.6. The highest BCUT2D eigenvalue weighted by atomic mass is 15.3. The van der Waals surface area contributed by atoms with Gasteiger partial charge in [-0.25, -0.2) is 0 Å². The maximum Gasteiger partial charge on any atom is 0.135 e. The summed E-state index contributed by atoms with van der Waals surface area (Å²) in [5, 5.41) is 4.36. The molecule has 0 N–H and O–H groups in total. The molecule has 0 unspecified atom stereocenters. The van der Waals surface area contributed by atoms with Crippen LogP contribution in [0.5, 0.6) is 0 Å². The standard InChI is InChI=1S/C13H13N3/c1-10-14-15(2)13-8-12(9-16(10)13)11-6-4-3-5-7-11/h3-9H,1-2H3. The fraction of sp³-hybridized carbons (Fsp3) is 0.154. The van der Waals surface area contributed by atoms with Crippen LogP contribution < -0.4 is 0 Å². The van der Waals surface area contributed by atoms with Gasteiger partial charge in [0.05, 0.1) is 0 Å². The highest BCUT2D eigenvalue weighted by molar-refractivity contribution is 5.68. The minimum absolute atomic E-state index is 1.01. The Balaban J connectivity index is 2.23. The van der Waals surface area contributed by atoms with Crippen LogP contribution in [0.2, 0.25) is 0 Å². The van der Waals surface area contributed by atoms with Gasteiger partial charge in [-0.05, 0) is 18.6 Å². The van der Waals surface area contributed by atoms with E-state index < -0.39 is 0 Å². The molecule has 80 valence electrons. The van der Waals surface area contributed by atoms with Crippen molar-refractivity contribution in [2.24, 2.45) is 7.05 Å². The average molecular weight is 211 g/mol. The van der Waals surface area contributed by atoms with Crippen LogP contribution >= 0.6 is 0 Å². The van der Waals surface area contributed by atoms with E-state index in [2.05, 4.69) is 46.0 Å². The van der Waals surface area contributed by atoms with Crippen molar-refractivity contribution in [1.29, 1.82) is 0 Å². The van der Waals surface area contributed by atoms with Gasteiger partial charge in [0.1, 0.15) is 11.5 Å². The van der Waals surface area contributed by atoms with Gasteiger partial charge in [0.2, 0.25) is 0 Å². The van der Waals surface area contributed by atoms with Crippen LogP contribution in [0.3, 0.4) is 0 Å². The average Bonchev–Trinajstić information content (AvgIpc) is 2.83. The van der Waals surface area contributed by atoms with Gasteiger partial charge in [0, 0.05) is 18.8 Å². The number of aromatic nitrogens is 3. The Morgan fingerprint density at radius 1 is 1.06 bits per heavy atom. The van der Waals surface area contributed by atoms with Gasteiger partial charge in [0.25, 0.3) is 0 Å². The molecule has 0 spiro atoms. The molecule has 0 saturated heterocycles. The van der Waals surface area contributed by atoms with Crippen molar-refractivity contribution in [2.45, 2.75) is 6.92 Å². The van der Waals surface area contributed by atoms with Crippen LogP contribution in [0, 0.1) is 6.92 Å². The lowest BCUT2D eigenvalue weighted by atomic mass is 10.1.